The summed E-state index contributed by atoms with van der Waals surface area (Å²) in [5, 5.41) is 17.0. The second-order valence-electron chi connectivity index (χ2n) is 6.86. The number of oxime groups is 1. The van der Waals surface area contributed by atoms with Crippen LogP contribution in [-0.4, -0.2) is 75.3 Å². The highest BCUT2D eigenvalue weighted by Crippen LogP contribution is 2.40. The van der Waals surface area contributed by atoms with Crippen molar-refractivity contribution in [1.82, 2.24) is 15.2 Å². The van der Waals surface area contributed by atoms with E-state index in [1.54, 1.807) is 19.9 Å². The fraction of sp³-hybridized carbons (Fsp3) is 0.368. The number of β-lactam (4-membered cyclic amide) rings is 1. The van der Waals surface area contributed by atoms with Gasteiger partial charge in [-0.15, -0.1) is 23.1 Å². The summed E-state index contributed by atoms with van der Waals surface area (Å²) in [5.74, 6) is -3.03. The molecule has 2 aliphatic rings. The Bertz CT molecular complexity index is 1090. The zero-order valence-corrected chi connectivity index (χ0v) is 19.5. The van der Waals surface area contributed by atoms with Gasteiger partial charge in [0.1, 0.15) is 36.5 Å². The lowest BCUT2D eigenvalue weighted by atomic mass is 10.0. The van der Waals surface area contributed by atoms with Gasteiger partial charge in [0, 0.05) is 22.3 Å². The van der Waals surface area contributed by atoms with Crippen LogP contribution in [0.3, 0.4) is 0 Å². The maximum atomic E-state index is 12.8. The van der Waals surface area contributed by atoms with Crippen molar-refractivity contribution in [2.24, 2.45) is 5.16 Å². The summed E-state index contributed by atoms with van der Waals surface area (Å²) in [5.41, 5.74) is 6.04. The van der Waals surface area contributed by atoms with Crippen LogP contribution in [0.15, 0.2) is 33.5 Å². The number of fused-ring (bicyclic) bond motifs is 1. The maximum Gasteiger partial charge on any atom is 0.352 e. The summed E-state index contributed by atoms with van der Waals surface area (Å²) in [6, 6.07) is -0.982. The van der Waals surface area contributed by atoms with Crippen LogP contribution in [0.25, 0.3) is 0 Å². The minimum Gasteiger partial charge on any atom is -0.477 e. The van der Waals surface area contributed by atoms with Crippen molar-refractivity contribution < 1.29 is 33.9 Å². The molecule has 0 unspecified atom stereocenters. The number of aliphatic carboxylic acids is 1. The molecule has 176 valence electrons. The highest BCUT2D eigenvalue weighted by Gasteiger charge is 2.54. The van der Waals surface area contributed by atoms with Crippen LogP contribution in [0.5, 0.6) is 0 Å². The first-order valence-electron chi connectivity index (χ1n) is 9.53. The predicted molar refractivity (Wildman–Crippen MR) is 120 cm³/mol. The summed E-state index contributed by atoms with van der Waals surface area (Å²) in [6.07, 6.45) is 1.58. The van der Waals surface area contributed by atoms with E-state index in [0.29, 0.717) is 11.1 Å². The molecule has 0 bridgehead atoms. The molecule has 1 saturated heterocycles. The number of amides is 2. The Balaban J connectivity index is 1.75. The molecule has 0 aliphatic carbocycles. The normalized spacial score (nSPS) is 20.7. The molecule has 33 heavy (non-hydrogen) atoms. The van der Waals surface area contributed by atoms with Gasteiger partial charge in [-0.25, -0.2) is 14.6 Å². The Morgan fingerprint density at radius 2 is 2.18 bits per heavy atom. The van der Waals surface area contributed by atoms with Gasteiger partial charge in [-0.1, -0.05) is 11.2 Å². The number of nitrogens with two attached hydrogens (primary N) is 1. The number of ether oxygens (including phenoxy) is 1. The lowest BCUT2D eigenvalue weighted by Crippen LogP contribution is -2.71. The number of aromatic nitrogens is 1. The minimum atomic E-state index is -1.33. The topological polar surface area (TPSA) is 174 Å². The molecule has 3 heterocycles. The first-order valence-corrected chi connectivity index (χ1v) is 11.5. The standard InChI is InChI=1S/C19H21N5O7S2/c1-4-8(2)18(29)31-5-9-6-32-16-12(15(26)24(16)13(9)17(27)28)22-14(25)11(23-30-3)10-7-33-19(20)21-10/h4,7,12,16H,5-6H2,1-3H3,(H2,20,21)(H,22,25)(H,27,28)/b8-4-,23-11-/t12-,16-/m1/s1. The zero-order chi connectivity index (χ0) is 24.3. The van der Waals surface area contributed by atoms with E-state index in [1.807, 2.05) is 0 Å². The smallest absolute Gasteiger partial charge is 0.352 e. The number of nitrogens with zero attached hydrogens (tertiary/aromatic N) is 3. The van der Waals surface area contributed by atoms with Gasteiger partial charge in [0.15, 0.2) is 10.8 Å². The number of allylic oxidation sites excluding steroid dienone is 1. The maximum absolute atomic E-state index is 12.8. The number of esters is 1. The largest absolute Gasteiger partial charge is 0.477 e. The van der Waals surface area contributed by atoms with Gasteiger partial charge in [0.25, 0.3) is 11.8 Å². The van der Waals surface area contributed by atoms with Gasteiger partial charge in [-0.2, -0.15) is 0 Å². The fourth-order valence-electron chi connectivity index (χ4n) is 3.08. The van der Waals surface area contributed by atoms with Gasteiger partial charge in [-0.3, -0.25) is 14.5 Å². The lowest BCUT2D eigenvalue weighted by molar-refractivity contribution is -0.150. The summed E-state index contributed by atoms with van der Waals surface area (Å²) < 4.78 is 5.16. The predicted octanol–water partition coefficient (Wildman–Crippen LogP) is 0.324. The molecule has 2 amide bonds. The second kappa shape index (κ2) is 10.0. The zero-order valence-electron chi connectivity index (χ0n) is 17.9. The molecule has 1 fully saturated rings. The first kappa shape index (κ1) is 24.3. The number of hydrogen-bond donors (Lipinski definition) is 3. The molecule has 0 aromatic carbocycles. The quantitative estimate of drug-likeness (QED) is 0.150. The first-order chi connectivity index (χ1) is 15.7. The lowest BCUT2D eigenvalue weighted by Gasteiger charge is -2.49. The average Bonchev–Trinajstić information content (AvgIpc) is 3.23. The third-order valence-corrected chi connectivity index (χ3v) is 6.84. The van der Waals surface area contributed by atoms with Crippen LogP contribution in [0.4, 0.5) is 5.13 Å². The highest BCUT2D eigenvalue weighted by atomic mass is 32.2. The van der Waals surface area contributed by atoms with Crippen molar-refractivity contribution in [2.45, 2.75) is 25.3 Å². The van der Waals surface area contributed by atoms with Crippen LogP contribution in [0.1, 0.15) is 19.5 Å². The molecular weight excluding hydrogens is 474 g/mol. The van der Waals surface area contributed by atoms with E-state index in [9.17, 15) is 24.3 Å². The summed E-state index contributed by atoms with van der Waals surface area (Å²) in [6.45, 7) is 2.99. The van der Waals surface area contributed by atoms with E-state index in [2.05, 4.69) is 15.5 Å². The summed E-state index contributed by atoms with van der Waals surface area (Å²) >= 11 is 2.35. The van der Waals surface area contributed by atoms with Gasteiger partial charge in [-0.05, 0) is 13.8 Å². The number of carboxylic acids is 1. The molecule has 2 aliphatic heterocycles. The minimum absolute atomic E-state index is 0.168. The average molecular weight is 496 g/mol. The molecule has 4 N–H and O–H groups in total. The van der Waals surface area contributed by atoms with Crippen LogP contribution in [0, 0.1) is 0 Å². The van der Waals surface area contributed by atoms with E-state index < -0.39 is 35.2 Å². The monoisotopic (exact) mass is 495 g/mol. The van der Waals surface area contributed by atoms with Crippen molar-refractivity contribution in [3.8, 4) is 0 Å². The Morgan fingerprint density at radius 1 is 1.45 bits per heavy atom. The molecule has 12 nitrogen and oxygen atoms in total. The Labute approximate surface area is 196 Å². The van der Waals surface area contributed by atoms with Crippen LogP contribution < -0.4 is 11.1 Å². The number of thioether (sulfide) groups is 1. The van der Waals surface area contributed by atoms with Crippen molar-refractivity contribution >= 4 is 57.7 Å². The van der Waals surface area contributed by atoms with E-state index >= 15 is 0 Å². The number of anilines is 1. The number of carbonyl (C=O) groups is 4. The molecule has 0 saturated carbocycles. The van der Waals surface area contributed by atoms with Gasteiger partial charge in [0.05, 0.1) is 0 Å². The molecule has 1 aromatic rings. The number of carboxylic acid groups (broad SMARTS) is 1. The van der Waals surface area contributed by atoms with Crippen LogP contribution >= 0.6 is 23.1 Å². The van der Waals surface area contributed by atoms with E-state index in [4.69, 9.17) is 15.3 Å². The highest BCUT2D eigenvalue weighted by molar-refractivity contribution is 8.00. The third-order valence-electron chi connectivity index (χ3n) is 4.83. The Morgan fingerprint density at radius 3 is 2.76 bits per heavy atom. The molecule has 14 heteroatoms. The third kappa shape index (κ3) is 4.85. The number of nitrogen functional groups attached to an aromatic ring is 1. The Hall–Kier alpha value is -3.39. The van der Waals surface area contributed by atoms with Crippen molar-refractivity contribution in [3.05, 3.63) is 34.0 Å². The summed E-state index contributed by atoms with van der Waals surface area (Å²) in [4.78, 5) is 59.1. The SMILES string of the molecule is C/C=C(/C)C(=O)OCC1=C(C(=O)O)N2C(=O)[C@@H](NC(=O)/C(=N\OC)c3csc(N)n3)[C@H]2SC1. The fourth-order valence-corrected chi connectivity index (χ4v) is 4.96. The van der Waals surface area contributed by atoms with E-state index in [0.717, 1.165) is 16.2 Å². The van der Waals surface area contributed by atoms with Crippen LogP contribution in [0.2, 0.25) is 0 Å². The number of rotatable bonds is 8. The number of nitrogens with one attached hydrogen (secondary N) is 1. The van der Waals surface area contributed by atoms with Crippen LogP contribution in [-0.2, 0) is 28.8 Å². The molecule has 1 aromatic heterocycles. The van der Waals surface area contributed by atoms with Crippen molar-refractivity contribution in [3.63, 3.8) is 0 Å². The Kier molecular flexibility index (Phi) is 7.38. The van der Waals surface area contributed by atoms with Gasteiger partial charge in [0.2, 0.25) is 0 Å². The molecule has 0 radical (unpaired) electrons. The number of carbonyl (C=O) groups excluding carboxylic acids is 3. The van der Waals surface area contributed by atoms with E-state index in [1.165, 1.54) is 24.3 Å². The van der Waals surface area contributed by atoms with Crippen molar-refractivity contribution in [2.75, 3.05) is 25.2 Å². The second-order valence-corrected chi connectivity index (χ2v) is 8.85. The molecule has 2 atom stereocenters. The molecule has 3 rings (SSSR count). The van der Waals surface area contributed by atoms with Gasteiger partial charge < -0.3 is 25.7 Å². The number of hydrogen-bond acceptors (Lipinski definition) is 11. The number of thiazole rings is 1. The molecule has 0 spiro atoms. The van der Waals surface area contributed by atoms with E-state index in [-0.39, 0.29) is 34.6 Å². The molecular formula is C19H21N5O7S2. The van der Waals surface area contributed by atoms with Crippen molar-refractivity contribution in [1.29, 1.82) is 0 Å². The summed E-state index contributed by atoms with van der Waals surface area (Å²) in [7, 11) is 1.26. The van der Waals surface area contributed by atoms with Gasteiger partial charge >= 0.3 is 11.9 Å².